The molecule has 2 aromatic carbocycles. The van der Waals surface area contributed by atoms with E-state index in [-0.39, 0.29) is 10.0 Å². The van der Waals surface area contributed by atoms with Gasteiger partial charge in [-0.1, -0.05) is 18.2 Å². The monoisotopic (exact) mass is 307 g/mol. The normalized spacial score (nSPS) is 10.2. The highest BCUT2D eigenvalue weighted by Gasteiger charge is 2.13. The molecular formula is C14H11BrFNO. The fourth-order valence-corrected chi connectivity index (χ4v) is 1.97. The first-order valence-electron chi connectivity index (χ1n) is 5.40. The lowest BCUT2D eigenvalue weighted by molar-refractivity contribution is 0.102. The Morgan fingerprint density at radius 2 is 1.94 bits per heavy atom. The van der Waals surface area contributed by atoms with E-state index in [4.69, 9.17) is 0 Å². The maximum absolute atomic E-state index is 13.7. The summed E-state index contributed by atoms with van der Waals surface area (Å²) in [5, 5.41) is 2.67. The Morgan fingerprint density at radius 1 is 1.22 bits per heavy atom. The van der Waals surface area contributed by atoms with E-state index in [0.29, 0.717) is 5.69 Å². The molecule has 2 rings (SSSR count). The largest absolute Gasteiger partial charge is 0.322 e. The average molecular weight is 308 g/mol. The summed E-state index contributed by atoms with van der Waals surface area (Å²) in [7, 11) is 0. The van der Waals surface area contributed by atoms with Crippen molar-refractivity contribution in [1.82, 2.24) is 0 Å². The van der Waals surface area contributed by atoms with Crippen LogP contribution in [0.1, 0.15) is 15.9 Å². The van der Waals surface area contributed by atoms with Gasteiger partial charge in [0.2, 0.25) is 0 Å². The predicted molar refractivity (Wildman–Crippen MR) is 73.2 cm³/mol. The van der Waals surface area contributed by atoms with E-state index in [9.17, 15) is 9.18 Å². The number of aryl methyl sites for hydroxylation is 1. The van der Waals surface area contributed by atoms with E-state index < -0.39 is 11.7 Å². The molecule has 0 saturated carbocycles. The summed E-state index contributed by atoms with van der Waals surface area (Å²) in [6.45, 7) is 1.93. The number of rotatable bonds is 2. The van der Waals surface area contributed by atoms with Crippen LogP contribution >= 0.6 is 15.9 Å². The van der Waals surface area contributed by atoms with Gasteiger partial charge in [-0.25, -0.2) is 4.39 Å². The van der Waals surface area contributed by atoms with Crippen LogP contribution in [0.2, 0.25) is 0 Å². The van der Waals surface area contributed by atoms with Crippen molar-refractivity contribution >= 4 is 27.5 Å². The smallest absolute Gasteiger partial charge is 0.258 e. The molecule has 0 aliphatic carbocycles. The molecule has 0 aliphatic heterocycles. The molecule has 92 valence electrons. The van der Waals surface area contributed by atoms with Crippen LogP contribution in [0.3, 0.4) is 0 Å². The Labute approximate surface area is 113 Å². The van der Waals surface area contributed by atoms with Gasteiger partial charge in [0.25, 0.3) is 5.91 Å². The summed E-state index contributed by atoms with van der Waals surface area (Å²) >= 11 is 3.06. The van der Waals surface area contributed by atoms with Crippen molar-refractivity contribution < 1.29 is 9.18 Å². The van der Waals surface area contributed by atoms with Gasteiger partial charge in [0.1, 0.15) is 5.82 Å². The first-order valence-corrected chi connectivity index (χ1v) is 6.19. The van der Waals surface area contributed by atoms with Crippen molar-refractivity contribution in [2.45, 2.75) is 6.92 Å². The standard InChI is InChI=1S/C14H11BrFNO/c1-9-4-2-5-10(8-9)17-14(18)11-6-3-7-12(15)13(11)16/h2-8H,1H3,(H,17,18). The zero-order chi connectivity index (χ0) is 13.1. The molecule has 0 radical (unpaired) electrons. The van der Waals surface area contributed by atoms with Crippen LogP contribution in [-0.2, 0) is 0 Å². The fraction of sp³-hybridized carbons (Fsp3) is 0.0714. The second-order valence-corrected chi connectivity index (χ2v) is 4.78. The summed E-state index contributed by atoms with van der Waals surface area (Å²) in [6, 6.07) is 12.0. The first kappa shape index (κ1) is 12.8. The first-order chi connectivity index (χ1) is 8.58. The summed E-state index contributed by atoms with van der Waals surface area (Å²) in [5.74, 6) is -1.01. The van der Waals surface area contributed by atoms with Crippen molar-refractivity contribution in [3.05, 3.63) is 63.9 Å². The molecule has 0 fully saturated rings. The topological polar surface area (TPSA) is 29.1 Å². The second-order valence-electron chi connectivity index (χ2n) is 3.92. The number of hydrogen-bond donors (Lipinski definition) is 1. The van der Waals surface area contributed by atoms with Gasteiger partial charge in [-0.3, -0.25) is 4.79 Å². The van der Waals surface area contributed by atoms with Crippen LogP contribution < -0.4 is 5.32 Å². The molecule has 4 heteroatoms. The van der Waals surface area contributed by atoms with E-state index in [2.05, 4.69) is 21.2 Å². The lowest BCUT2D eigenvalue weighted by Crippen LogP contribution is -2.13. The number of carbonyl (C=O) groups excluding carboxylic acids is 1. The lowest BCUT2D eigenvalue weighted by Gasteiger charge is -2.07. The molecular weight excluding hydrogens is 297 g/mol. The zero-order valence-corrected chi connectivity index (χ0v) is 11.3. The molecule has 0 heterocycles. The third-order valence-electron chi connectivity index (χ3n) is 2.47. The molecule has 0 bridgehead atoms. The Morgan fingerprint density at radius 3 is 2.67 bits per heavy atom. The van der Waals surface area contributed by atoms with Gasteiger partial charge in [0, 0.05) is 5.69 Å². The van der Waals surface area contributed by atoms with E-state index in [0.717, 1.165) is 5.56 Å². The highest BCUT2D eigenvalue weighted by Crippen LogP contribution is 2.20. The SMILES string of the molecule is Cc1cccc(NC(=O)c2cccc(Br)c2F)c1. The maximum atomic E-state index is 13.7. The minimum atomic E-state index is -0.553. The van der Waals surface area contributed by atoms with Gasteiger partial charge >= 0.3 is 0 Å². The number of nitrogens with one attached hydrogen (secondary N) is 1. The third kappa shape index (κ3) is 2.76. The van der Waals surface area contributed by atoms with Crippen LogP contribution in [0.15, 0.2) is 46.9 Å². The predicted octanol–water partition coefficient (Wildman–Crippen LogP) is 4.15. The Kier molecular flexibility index (Phi) is 3.77. The summed E-state index contributed by atoms with van der Waals surface area (Å²) < 4.78 is 14.0. The van der Waals surface area contributed by atoms with Gasteiger partial charge in [-0.15, -0.1) is 0 Å². The summed E-state index contributed by atoms with van der Waals surface area (Å²) in [4.78, 5) is 11.9. The number of benzene rings is 2. The van der Waals surface area contributed by atoms with Crippen molar-refractivity contribution in [3.8, 4) is 0 Å². The molecule has 0 aliphatic rings. The number of hydrogen-bond acceptors (Lipinski definition) is 1. The van der Waals surface area contributed by atoms with Gasteiger partial charge in [-0.05, 0) is 52.7 Å². The Bertz CT molecular complexity index is 598. The molecule has 1 N–H and O–H groups in total. The van der Waals surface area contributed by atoms with E-state index >= 15 is 0 Å². The minimum Gasteiger partial charge on any atom is -0.322 e. The van der Waals surface area contributed by atoms with Crippen LogP contribution in [-0.4, -0.2) is 5.91 Å². The van der Waals surface area contributed by atoms with Gasteiger partial charge in [-0.2, -0.15) is 0 Å². The van der Waals surface area contributed by atoms with Gasteiger partial charge in [0.05, 0.1) is 10.0 Å². The molecule has 2 aromatic rings. The van der Waals surface area contributed by atoms with E-state index in [1.807, 2.05) is 25.1 Å². The summed E-state index contributed by atoms with van der Waals surface area (Å²) in [5.41, 5.74) is 1.70. The fourth-order valence-electron chi connectivity index (χ4n) is 1.60. The van der Waals surface area contributed by atoms with Crippen LogP contribution in [0.4, 0.5) is 10.1 Å². The van der Waals surface area contributed by atoms with Crippen molar-refractivity contribution in [1.29, 1.82) is 0 Å². The molecule has 0 saturated heterocycles. The molecule has 1 amide bonds. The molecule has 2 nitrogen and oxygen atoms in total. The molecule has 18 heavy (non-hydrogen) atoms. The zero-order valence-electron chi connectivity index (χ0n) is 9.71. The van der Waals surface area contributed by atoms with E-state index in [1.54, 1.807) is 18.2 Å². The third-order valence-corrected chi connectivity index (χ3v) is 3.08. The van der Waals surface area contributed by atoms with Gasteiger partial charge < -0.3 is 5.32 Å². The number of halogens is 2. The van der Waals surface area contributed by atoms with E-state index in [1.165, 1.54) is 6.07 Å². The number of amides is 1. The quantitative estimate of drug-likeness (QED) is 0.887. The number of anilines is 1. The average Bonchev–Trinajstić information content (AvgIpc) is 2.32. The van der Waals surface area contributed by atoms with Gasteiger partial charge in [0.15, 0.2) is 0 Å². The maximum Gasteiger partial charge on any atom is 0.258 e. The molecule has 0 spiro atoms. The Balaban J connectivity index is 2.25. The van der Waals surface area contributed by atoms with Crippen LogP contribution in [0.25, 0.3) is 0 Å². The van der Waals surface area contributed by atoms with Crippen molar-refractivity contribution in [2.24, 2.45) is 0 Å². The van der Waals surface area contributed by atoms with Crippen LogP contribution in [0, 0.1) is 12.7 Å². The Hall–Kier alpha value is -1.68. The lowest BCUT2D eigenvalue weighted by atomic mass is 10.2. The highest BCUT2D eigenvalue weighted by molar-refractivity contribution is 9.10. The van der Waals surface area contributed by atoms with Crippen LogP contribution in [0.5, 0.6) is 0 Å². The number of carbonyl (C=O) groups is 1. The minimum absolute atomic E-state index is 0.0193. The summed E-state index contributed by atoms with van der Waals surface area (Å²) in [6.07, 6.45) is 0. The van der Waals surface area contributed by atoms with Crippen molar-refractivity contribution in [3.63, 3.8) is 0 Å². The molecule has 0 atom stereocenters. The highest BCUT2D eigenvalue weighted by atomic mass is 79.9. The second kappa shape index (κ2) is 5.31. The van der Waals surface area contributed by atoms with Crippen molar-refractivity contribution in [2.75, 3.05) is 5.32 Å². The molecule has 0 unspecified atom stereocenters. The molecule has 0 aromatic heterocycles.